The van der Waals surface area contributed by atoms with Gasteiger partial charge in [-0.05, 0) is 38.5 Å². The van der Waals surface area contributed by atoms with E-state index in [9.17, 15) is 0 Å². The molecule has 0 spiro atoms. The highest BCUT2D eigenvalue weighted by molar-refractivity contribution is 4.78. The molecule has 0 aliphatic rings. The van der Waals surface area contributed by atoms with Crippen LogP contribution >= 0.6 is 0 Å². The Bertz CT molecular complexity index is 213. The topological polar surface area (TPSA) is 62.8 Å². The van der Waals surface area contributed by atoms with E-state index < -0.39 is 5.66 Å². The molecule has 0 saturated heterocycles. The summed E-state index contributed by atoms with van der Waals surface area (Å²) in [5.41, 5.74) is 2.33. The van der Waals surface area contributed by atoms with Crippen LogP contribution in [0.1, 0.15) is 54.4 Å². The highest BCUT2D eigenvalue weighted by Crippen LogP contribution is 2.18. The van der Waals surface area contributed by atoms with Crippen molar-refractivity contribution >= 4 is 0 Å². The molecule has 4 heteroatoms. The number of hydrazine groups is 1. The molecule has 96 valence electrons. The van der Waals surface area contributed by atoms with Crippen LogP contribution in [-0.2, 0) is 0 Å². The Kier molecular flexibility index (Phi) is 6.76. The minimum atomic E-state index is -0.431. The molecule has 0 heterocycles. The van der Waals surface area contributed by atoms with E-state index in [-0.39, 0.29) is 6.04 Å². The smallest absolute Gasteiger partial charge is 0.141 e. The zero-order valence-electron chi connectivity index (χ0n) is 11.6. The fraction of sp³-hybridized carbons (Fsp3) is 1.00. The van der Waals surface area contributed by atoms with Gasteiger partial charge in [0.2, 0.25) is 0 Å². The van der Waals surface area contributed by atoms with Gasteiger partial charge in [0.15, 0.2) is 0 Å². The van der Waals surface area contributed by atoms with Gasteiger partial charge in [0, 0.05) is 0 Å². The summed E-state index contributed by atoms with van der Waals surface area (Å²) in [6.07, 6.45) is 1.95. The third-order valence-electron chi connectivity index (χ3n) is 2.40. The maximum atomic E-state index is 5.54. The maximum Gasteiger partial charge on any atom is 0.141 e. The van der Waals surface area contributed by atoms with E-state index in [1.807, 2.05) is 6.92 Å². The molecule has 0 aromatic heterocycles. The van der Waals surface area contributed by atoms with Crippen molar-refractivity contribution in [2.24, 2.45) is 27.9 Å². The van der Waals surface area contributed by atoms with Gasteiger partial charge in [0.05, 0.1) is 6.04 Å². The summed E-state index contributed by atoms with van der Waals surface area (Å²) in [5, 5.41) is 8.70. The minimum absolute atomic E-state index is 0.264. The van der Waals surface area contributed by atoms with Crippen LogP contribution in [0.4, 0.5) is 0 Å². The number of hydrogen-bond acceptors (Lipinski definition) is 4. The maximum absolute atomic E-state index is 5.54. The highest BCUT2D eigenvalue weighted by Gasteiger charge is 2.23. The Hall–Kier alpha value is -0.480. The van der Waals surface area contributed by atoms with Crippen molar-refractivity contribution in [1.82, 2.24) is 5.43 Å². The summed E-state index contributed by atoms with van der Waals surface area (Å²) in [6, 6.07) is 0.264. The molecule has 0 aromatic rings. The molecule has 0 amide bonds. The second-order valence-electron chi connectivity index (χ2n) is 5.71. The van der Waals surface area contributed by atoms with Gasteiger partial charge in [-0.15, -0.1) is 0 Å². The van der Waals surface area contributed by atoms with Crippen LogP contribution in [-0.4, -0.2) is 11.7 Å². The average Bonchev–Trinajstić information content (AvgIpc) is 2.13. The van der Waals surface area contributed by atoms with Crippen LogP contribution in [0.5, 0.6) is 0 Å². The first-order chi connectivity index (χ1) is 7.29. The number of azo groups is 1. The summed E-state index contributed by atoms with van der Waals surface area (Å²) in [4.78, 5) is 0. The van der Waals surface area contributed by atoms with Crippen molar-refractivity contribution in [2.45, 2.75) is 66.1 Å². The van der Waals surface area contributed by atoms with E-state index in [0.29, 0.717) is 11.8 Å². The third-order valence-corrected chi connectivity index (χ3v) is 2.40. The largest absolute Gasteiger partial charge is 0.269 e. The summed E-state index contributed by atoms with van der Waals surface area (Å²) in [6.45, 7) is 12.8. The summed E-state index contributed by atoms with van der Waals surface area (Å²) >= 11 is 0. The van der Waals surface area contributed by atoms with E-state index in [1.165, 1.54) is 0 Å². The Morgan fingerprint density at radius 2 is 1.69 bits per heavy atom. The van der Waals surface area contributed by atoms with E-state index in [4.69, 9.17) is 5.84 Å². The first kappa shape index (κ1) is 15.5. The van der Waals surface area contributed by atoms with Crippen molar-refractivity contribution in [1.29, 1.82) is 0 Å². The van der Waals surface area contributed by atoms with Crippen LogP contribution < -0.4 is 11.3 Å². The number of nitrogens with zero attached hydrogens (tertiary/aromatic N) is 2. The molecule has 0 saturated carbocycles. The normalized spacial score (nSPS) is 18.3. The molecule has 0 radical (unpaired) electrons. The zero-order valence-corrected chi connectivity index (χ0v) is 11.6. The summed E-state index contributed by atoms with van der Waals surface area (Å²) in [7, 11) is 0. The monoisotopic (exact) mass is 228 g/mol. The average molecular weight is 228 g/mol. The molecule has 0 bridgehead atoms. The number of rotatable bonds is 7. The van der Waals surface area contributed by atoms with Gasteiger partial charge in [-0.3, -0.25) is 5.84 Å². The Morgan fingerprint density at radius 1 is 1.12 bits per heavy atom. The summed E-state index contributed by atoms with van der Waals surface area (Å²) < 4.78 is 0. The van der Waals surface area contributed by atoms with E-state index in [0.717, 1.165) is 12.8 Å². The molecule has 0 aromatic carbocycles. The van der Waals surface area contributed by atoms with Gasteiger partial charge in [-0.25, -0.2) is 5.43 Å². The van der Waals surface area contributed by atoms with Crippen LogP contribution in [0, 0.1) is 11.8 Å². The van der Waals surface area contributed by atoms with Crippen LogP contribution in [0.2, 0.25) is 0 Å². The van der Waals surface area contributed by atoms with Crippen LogP contribution in [0.15, 0.2) is 10.2 Å². The Morgan fingerprint density at radius 3 is 2.06 bits per heavy atom. The molecular weight excluding hydrogens is 200 g/mol. The second kappa shape index (κ2) is 6.97. The third kappa shape index (κ3) is 6.90. The van der Waals surface area contributed by atoms with E-state index in [2.05, 4.69) is 50.3 Å². The van der Waals surface area contributed by atoms with Gasteiger partial charge in [0.25, 0.3) is 0 Å². The predicted octanol–water partition coefficient (Wildman–Crippen LogP) is 3.10. The molecule has 4 nitrogen and oxygen atoms in total. The molecular formula is C12H28N4. The first-order valence-corrected chi connectivity index (χ1v) is 6.19. The van der Waals surface area contributed by atoms with E-state index in [1.54, 1.807) is 0 Å². The molecule has 0 aliphatic carbocycles. The van der Waals surface area contributed by atoms with Gasteiger partial charge < -0.3 is 0 Å². The zero-order chi connectivity index (χ0) is 12.8. The fourth-order valence-electron chi connectivity index (χ4n) is 1.88. The van der Waals surface area contributed by atoms with Gasteiger partial charge in [-0.1, -0.05) is 27.7 Å². The quantitative estimate of drug-likeness (QED) is 0.399. The lowest BCUT2D eigenvalue weighted by molar-refractivity contribution is 0.287. The van der Waals surface area contributed by atoms with Crippen LogP contribution in [0.3, 0.4) is 0 Å². The number of hydrogen-bond donors (Lipinski definition) is 2. The van der Waals surface area contributed by atoms with Crippen LogP contribution in [0.25, 0.3) is 0 Å². The Balaban J connectivity index is 4.34. The highest BCUT2D eigenvalue weighted by atomic mass is 15.4. The van der Waals surface area contributed by atoms with Gasteiger partial charge in [-0.2, -0.15) is 10.2 Å². The van der Waals surface area contributed by atoms with Crippen molar-refractivity contribution in [3.63, 3.8) is 0 Å². The molecule has 2 unspecified atom stereocenters. The molecule has 0 rings (SSSR count). The SMILES string of the molecule is CC(C)CC(C)N=NC(C)(CC(C)C)NN. The predicted molar refractivity (Wildman–Crippen MR) is 69.0 cm³/mol. The van der Waals surface area contributed by atoms with Crippen molar-refractivity contribution in [3.8, 4) is 0 Å². The summed E-state index contributed by atoms with van der Waals surface area (Å²) in [5.74, 6) is 6.73. The number of nitrogens with one attached hydrogen (secondary N) is 1. The van der Waals surface area contributed by atoms with Crippen molar-refractivity contribution in [3.05, 3.63) is 0 Å². The minimum Gasteiger partial charge on any atom is -0.269 e. The molecule has 3 N–H and O–H groups in total. The molecule has 0 aliphatic heterocycles. The van der Waals surface area contributed by atoms with Gasteiger partial charge in [0.1, 0.15) is 5.66 Å². The lowest BCUT2D eigenvalue weighted by Gasteiger charge is -2.25. The standard InChI is InChI=1S/C12H28N4/c1-9(2)7-11(5)14-16-12(6,15-13)8-10(3)4/h9-11,15H,7-8,13H2,1-6H3. The molecule has 16 heavy (non-hydrogen) atoms. The lowest BCUT2D eigenvalue weighted by atomic mass is 10.0. The van der Waals surface area contributed by atoms with E-state index >= 15 is 0 Å². The second-order valence-corrected chi connectivity index (χ2v) is 5.71. The van der Waals surface area contributed by atoms with Crippen molar-refractivity contribution in [2.75, 3.05) is 0 Å². The lowest BCUT2D eigenvalue weighted by Crippen LogP contribution is -2.46. The van der Waals surface area contributed by atoms with Gasteiger partial charge >= 0.3 is 0 Å². The number of nitrogens with two attached hydrogens (primary N) is 1. The molecule has 2 atom stereocenters. The van der Waals surface area contributed by atoms with Crippen molar-refractivity contribution < 1.29 is 0 Å². The first-order valence-electron chi connectivity index (χ1n) is 6.19. The molecule has 0 fully saturated rings. The Labute approximate surface area is 100 Å². The fourth-order valence-corrected chi connectivity index (χ4v) is 1.88.